The van der Waals surface area contributed by atoms with Gasteiger partial charge in [0.15, 0.2) is 0 Å². The minimum Gasteiger partial charge on any atom is -0.369 e. The summed E-state index contributed by atoms with van der Waals surface area (Å²) in [5.41, 5.74) is 1.12. The number of nitrogens with zero attached hydrogens (tertiary/aromatic N) is 2. The second kappa shape index (κ2) is 9.64. The molecule has 2 amide bonds. The predicted octanol–water partition coefficient (Wildman–Crippen LogP) is 2.66. The molecular formula is C18H20N4O2. The average molecular weight is 324 g/mol. The first-order valence-electron chi connectivity index (χ1n) is 7.27. The molecule has 0 fully saturated rings. The van der Waals surface area contributed by atoms with Gasteiger partial charge in [-0.2, -0.15) is 5.26 Å². The maximum absolute atomic E-state index is 12.2. The van der Waals surface area contributed by atoms with Gasteiger partial charge in [0.1, 0.15) is 11.6 Å². The van der Waals surface area contributed by atoms with Gasteiger partial charge in [0.2, 0.25) is 5.91 Å². The lowest BCUT2D eigenvalue weighted by atomic mass is 10.2. The van der Waals surface area contributed by atoms with Crippen LogP contribution in [0.4, 0.5) is 11.4 Å². The molecule has 0 aromatic heterocycles. The van der Waals surface area contributed by atoms with Crippen LogP contribution in [0.2, 0.25) is 0 Å². The minimum atomic E-state index is -0.511. The number of amides is 2. The predicted molar refractivity (Wildman–Crippen MR) is 95.0 cm³/mol. The van der Waals surface area contributed by atoms with Crippen LogP contribution in [0.15, 0.2) is 61.3 Å². The number of carbonyl (C=O) groups excluding carboxylic acids is 2. The van der Waals surface area contributed by atoms with Crippen LogP contribution in [0.5, 0.6) is 0 Å². The lowest BCUT2D eigenvalue weighted by Gasteiger charge is -2.16. The third-order valence-electron chi connectivity index (χ3n) is 2.87. The molecule has 0 aliphatic carbocycles. The molecule has 24 heavy (non-hydrogen) atoms. The molecule has 0 unspecified atom stereocenters. The van der Waals surface area contributed by atoms with Crippen molar-refractivity contribution >= 4 is 23.2 Å². The number of carbonyl (C=O) groups is 2. The second-order valence-corrected chi connectivity index (χ2v) is 4.90. The molecule has 1 rings (SSSR count). The van der Waals surface area contributed by atoms with E-state index in [2.05, 4.69) is 23.8 Å². The van der Waals surface area contributed by atoms with E-state index >= 15 is 0 Å². The van der Waals surface area contributed by atoms with Gasteiger partial charge in [-0.3, -0.25) is 9.59 Å². The van der Waals surface area contributed by atoms with Crippen LogP contribution >= 0.6 is 0 Å². The number of nitrogens with one attached hydrogen (secondary N) is 2. The van der Waals surface area contributed by atoms with E-state index in [1.807, 2.05) is 6.07 Å². The molecule has 6 heteroatoms. The molecule has 0 saturated heterocycles. The Bertz CT molecular complexity index is 674. The summed E-state index contributed by atoms with van der Waals surface area (Å²) in [6.45, 7) is 9.68. The van der Waals surface area contributed by atoms with E-state index in [9.17, 15) is 14.9 Å². The maximum Gasteiger partial charge on any atom is 0.267 e. The molecule has 2 N–H and O–H groups in total. The fourth-order valence-corrected chi connectivity index (χ4v) is 1.87. The molecule has 124 valence electrons. The molecule has 6 nitrogen and oxygen atoms in total. The van der Waals surface area contributed by atoms with E-state index in [4.69, 9.17) is 0 Å². The Morgan fingerprint density at radius 2 is 1.62 bits per heavy atom. The zero-order chi connectivity index (χ0) is 17.9. The largest absolute Gasteiger partial charge is 0.369 e. The average Bonchev–Trinajstić information content (AvgIpc) is 2.54. The first-order chi connectivity index (χ1) is 11.5. The second-order valence-electron chi connectivity index (χ2n) is 4.90. The van der Waals surface area contributed by atoms with Crippen LogP contribution in [0.1, 0.15) is 6.92 Å². The number of hydrogen-bond donors (Lipinski definition) is 2. The summed E-state index contributed by atoms with van der Waals surface area (Å²) in [6.07, 6.45) is 4.83. The summed E-state index contributed by atoms with van der Waals surface area (Å²) in [5, 5.41) is 14.5. The van der Waals surface area contributed by atoms with Gasteiger partial charge in [-0.25, -0.2) is 0 Å². The molecule has 0 heterocycles. The summed E-state index contributed by atoms with van der Waals surface area (Å²) in [4.78, 5) is 24.9. The van der Waals surface area contributed by atoms with Crippen molar-refractivity contribution in [3.8, 4) is 6.07 Å². The molecule has 0 radical (unpaired) electrons. The highest BCUT2D eigenvalue weighted by Crippen LogP contribution is 2.14. The maximum atomic E-state index is 12.2. The van der Waals surface area contributed by atoms with E-state index in [0.29, 0.717) is 24.5 Å². The number of anilines is 2. The van der Waals surface area contributed by atoms with E-state index in [-0.39, 0.29) is 11.5 Å². The lowest BCUT2D eigenvalue weighted by molar-refractivity contribution is -0.114. The van der Waals surface area contributed by atoms with E-state index in [1.165, 1.54) is 13.1 Å². The Morgan fingerprint density at radius 3 is 2.04 bits per heavy atom. The summed E-state index contributed by atoms with van der Waals surface area (Å²) < 4.78 is 0. The quantitative estimate of drug-likeness (QED) is 0.437. The fraction of sp³-hybridized carbons (Fsp3) is 0.167. The third kappa shape index (κ3) is 6.20. The van der Waals surface area contributed by atoms with Crippen LogP contribution in [0, 0.1) is 11.3 Å². The van der Waals surface area contributed by atoms with Gasteiger partial charge in [0.25, 0.3) is 5.91 Å². The van der Waals surface area contributed by atoms with Gasteiger partial charge in [-0.1, -0.05) is 12.2 Å². The van der Waals surface area contributed by atoms with Gasteiger partial charge < -0.3 is 15.5 Å². The summed E-state index contributed by atoms with van der Waals surface area (Å²) >= 11 is 0. The fourth-order valence-electron chi connectivity index (χ4n) is 1.87. The zero-order valence-corrected chi connectivity index (χ0v) is 13.6. The molecular weight excluding hydrogens is 304 g/mol. The van der Waals surface area contributed by atoms with Gasteiger partial charge in [0.05, 0.1) is 0 Å². The van der Waals surface area contributed by atoms with Crippen LogP contribution < -0.4 is 10.6 Å². The molecule has 0 spiro atoms. The van der Waals surface area contributed by atoms with E-state index < -0.39 is 5.91 Å². The lowest BCUT2D eigenvalue weighted by Crippen LogP contribution is -2.21. The topological polar surface area (TPSA) is 85.2 Å². The van der Waals surface area contributed by atoms with Crippen LogP contribution in [-0.2, 0) is 9.59 Å². The summed E-state index contributed by atoms with van der Waals surface area (Å²) in [7, 11) is 0. The van der Waals surface area contributed by atoms with Crippen molar-refractivity contribution in [1.82, 2.24) is 4.90 Å². The smallest absolute Gasteiger partial charge is 0.267 e. The van der Waals surface area contributed by atoms with Crippen molar-refractivity contribution in [2.45, 2.75) is 6.92 Å². The molecule has 1 aromatic carbocycles. The number of rotatable bonds is 8. The monoisotopic (exact) mass is 324 g/mol. The highest BCUT2D eigenvalue weighted by Gasteiger charge is 2.11. The van der Waals surface area contributed by atoms with Crippen molar-refractivity contribution in [3.05, 3.63) is 61.3 Å². The van der Waals surface area contributed by atoms with Crippen molar-refractivity contribution in [3.63, 3.8) is 0 Å². The van der Waals surface area contributed by atoms with Gasteiger partial charge in [-0.05, 0) is 24.3 Å². The molecule has 0 bridgehead atoms. The zero-order valence-electron chi connectivity index (χ0n) is 13.6. The number of hydrogen-bond acceptors (Lipinski definition) is 4. The Kier molecular flexibility index (Phi) is 7.52. The van der Waals surface area contributed by atoms with Gasteiger partial charge >= 0.3 is 0 Å². The van der Waals surface area contributed by atoms with Gasteiger partial charge in [0, 0.05) is 37.6 Å². The van der Waals surface area contributed by atoms with Crippen molar-refractivity contribution in [2.24, 2.45) is 0 Å². The third-order valence-corrected chi connectivity index (χ3v) is 2.87. The Hall–Kier alpha value is -3.33. The minimum absolute atomic E-state index is 0.0235. The Balaban J connectivity index is 2.83. The number of benzene rings is 1. The molecule has 0 atom stereocenters. The highest BCUT2D eigenvalue weighted by atomic mass is 16.2. The Labute approximate surface area is 141 Å². The van der Waals surface area contributed by atoms with Crippen molar-refractivity contribution in [1.29, 1.82) is 5.26 Å². The molecule has 0 saturated carbocycles. The van der Waals surface area contributed by atoms with Gasteiger partial charge in [-0.15, -0.1) is 13.2 Å². The first kappa shape index (κ1) is 18.7. The molecule has 0 aliphatic rings. The van der Waals surface area contributed by atoms with Crippen LogP contribution in [0.25, 0.3) is 0 Å². The normalized spacial score (nSPS) is 10.2. The van der Waals surface area contributed by atoms with E-state index in [0.717, 1.165) is 0 Å². The number of nitriles is 1. The summed E-state index contributed by atoms with van der Waals surface area (Å²) in [6, 6.07) is 8.50. The highest BCUT2D eigenvalue weighted by molar-refractivity contribution is 6.06. The summed E-state index contributed by atoms with van der Waals surface area (Å²) in [5.74, 6) is -0.686. The molecule has 0 aliphatic heterocycles. The standard InChI is InChI=1S/C18H20N4O2/c1-4-10-22(11-5-2)13-15(12-19)18(24)21-17-8-6-16(7-9-17)20-14(3)23/h4-9,13H,1-2,10-11H2,3H3,(H,20,23)(H,21,24)/b15-13-. The van der Waals surface area contributed by atoms with Crippen molar-refractivity contribution < 1.29 is 9.59 Å². The van der Waals surface area contributed by atoms with Crippen molar-refractivity contribution in [2.75, 3.05) is 23.7 Å². The first-order valence-corrected chi connectivity index (χ1v) is 7.27. The van der Waals surface area contributed by atoms with Crippen LogP contribution in [0.3, 0.4) is 0 Å². The SMILES string of the molecule is C=CCN(/C=C(/C#N)C(=O)Nc1ccc(NC(C)=O)cc1)CC=C. The van der Waals surface area contributed by atoms with Crippen LogP contribution in [-0.4, -0.2) is 29.8 Å². The molecule has 1 aromatic rings. The van der Waals surface area contributed by atoms with E-state index in [1.54, 1.807) is 41.3 Å². The Morgan fingerprint density at radius 1 is 1.12 bits per heavy atom.